The summed E-state index contributed by atoms with van der Waals surface area (Å²) in [5, 5.41) is 21.4. The van der Waals surface area contributed by atoms with E-state index in [1.807, 2.05) is 43.3 Å². The molecule has 2 unspecified atom stereocenters. The molecule has 4 heteroatoms. The first-order chi connectivity index (χ1) is 11.2. The molecule has 0 aliphatic rings. The molecule has 0 aliphatic carbocycles. The third-order valence-corrected chi connectivity index (χ3v) is 4.03. The van der Waals surface area contributed by atoms with Crippen LogP contribution in [0.15, 0.2) is 48.5 Å². The number of benzene rings is 2. The van der Waals surface area contributed by atoms with Crippen LogP contribution >= 0.6 is 0 Å². The second-order valence-corrected chi connectivity index (χ2v) is 5.60. The molecule has 0 fully saturated rings. The van der Waals surface area contributed by atoms with Crippen molar-refractivity contribution in [1.29, 1.82) is 5.26 Å². The second kappa shape index (κ2) is 8.42. The molecule has 2 N–H and O–H groups in total. The van der Waals surface area contributed by atoms with Gasteiger partial charge < -0.3 is 10.4 Å². The average molecular weight is 312 g/mol. The highest BCUT2D eigenvalue weighted by Crippen LogP contribution is 2.21. The second-order valence-electron chi connectivity index (χ2n) is 5.60. The molecule has 2 aromatic rings. The first-order valence-electron chi connectivity index (χ1n) is 7.74. The highest BCUT2D eigenvalue weighted by molar-refractivity contribution is 5.34. The normalized spacial score (nSPS) is 13.3. The lowest BCUT2D eigenvalue weighted by Gasteiger charge is -2.21. The Morgan fingerprint density at radius 1 is 1.17 bits per heavy atom. The lowest BCUT2D eigenvalue weighted by atomic mass is 9.95. The van der Waals surface area contributed by atoms with Crippen LogP contribution in [0.4, 0.5) is 4.39 Å². The number of aliphatic hydroxyl groups is 1. The van der Waals surface area contributed by atoms with E-state index in [4.69, 9.17) is 5.26 Å². The van der Waals surface area contributed by atoms with Crippen molar-refractivity contribution in [2.24, 2.45) is 0 Å². The Balaban J connectivity index is 2.03. The van der Waals surface area contributed by atoms with Gasteiger partial charge in [-0.2, -0.15) is 5.26 Å². The van der Waals surface area contributed by atoms with Crippen molar-refractivity contribution in [2.45, 2.75) is 25.3 Å². The molecule has 3 nitrogen and oxygen atoms in total. The number of halogens is 1. The molecule has 23 heavy (non-hydrogen) atoms. The van der Waals surface area contributed by atoms with Crippen LogP contribution in [0.5, 0.6) is 0 Å². The largest absolute Gasteiger partial charge is 0.396 e. The quantitative estimate of drug-likeness (QED) is 0.822. The summed E-state index contributed by atoms with van der Waals surface area (Å²) in [4.78, 5) is 0. The summed E-state index contributed by atoms with van der Waals surface area (Å²) in [6, 6.07) is 16.5. The van der Waals surface area contributed by atoms with Crippen LogP contribution in [0, 0.1) is 17.1 Å². The summed E-state index contributed by atoms with van der Waals surface area (Å²) in [6.07, 6.45) is 0.672. The third-order valence-electron chi connectivity index (χ3n) is 4.03. The number of nitrogens with one attached hydrogen (secondary N) is 1. The molecule has 0 aliphatic heterocycles. The van der Waals surface area contributed by atoms with E-state index in [1.165, 1.54) is 17.7 Å². The van der Waals surface area contributed by atoms with Gasteiger partial charge in [-0.25, -0.2) is 4.39 Å². The van der Waals surface area contributed by atoms with E-state index in [2.05, 4.69) is 5.32 Å². The van der Waals surface area contributed by atoms with Crippen molar-refractivity contribution in [3.05, 3.63) is 71.0 Å². The maximum Gasteiger partial charge on any atom is 0.141 e. The van der Waals surface area contributed by atoms with Crippen LogP contribution in [0.2, 0.25) is 0 Å². The highest BCUT2D eigenvalue weighted by atomic mass is 19.1. The van der Waals surface area contributed by atoms with Gasteiger partial charge in [-0.3, -0.25) is 0 Å². The minimum absolute atomic E-state index is 0.0397. The Hall–Kier alpha value is -2.22. The number of aliphatic hydroxyl groups excluding tert-OH is 1. The molecule has 120 valence electrons. The summed E-state index contributed by atoms with van der Waals surface area (Å²) in [5.41, 5.74) is 2.04. The zero-order valence-corrected chi connectivity index (χ0v) is 13.2. The van der Waals surface area contributed by atoms with Crippen molar-refractivity contribution in [3.63, 3.8) is 0 Å². The smallest absolute Gasteiger partial charge is 0.141 e. The van der Waals surface area contributed by atoms with Crippen molar-refractivity contribution in [3.8, 4) is 6.07 Å². The molecule has 0 aromatic heterocycles. The fraction of sp³-hybridized carbons (Fsp3) is 0.316. The first-order valence-corrected chi connectivity index (χ1v) is 7.74. The van der Waals surface area contributed by atoms with Gasteiger partial charge in [-0.15, -0.1) is 0 Å². The summed E-state index contributed by atoms with van der Waals surface area (Å²) < 4.78 is 13.7. The Bertz CT molecular complexity index is 667. The van der Waals surface area contributed by atoms with E-state index in [-0.39, 0.29) is 24.1 Å². The fourth-order valence-corrected chi connectivity index (χ4v) is 2.60. The van der Waals surface area contributed by atoms with E-state index in [9.17, 15) is 9.50 Å². The molecule has 2 atom stereocenters. The average Bonchev–Trinajstić information content (AvgIpc) is 2.59. The van der Waals surface area contributed by atoms with E-state index >= 15 is 0 Å². The third kappa shape index (κ3) is 4.62. The van der Waals surface area contributed by atoms with Crippen LogP contribution in [0.1, 0.15) is 42.0 Å². The molecular weight excluding hydrogens is 291 g/mol. The van der Waals surface area contributed by atoms with Crippen LogP contribution in [0.3, 0.4) is 0 Å². The van der Waals surface area contributed by atoms with Gasteiger partial charge in [0, 0.05) is 19.2 Å². The SMILES string of the molecule is CC(NCC(CCO)c1ccccc1)c1ccc(C#N)c(F)c1. The van der Waals surface area contributed by atoms with Gasteiger partial charge in [0.15, 0.2) is 0 Å². The predicted molar refractivity (Wildman–Crippen MR) is 88.4 cm³/mol. The van der Waals surface area contributed by atoms with Gasteiger partial charge in [0.1, 0.15) is 11.9 Å². The summed E-state index contributed by atoms with van der Waals surface area (Å²) in [7, 11) is 0. The molecule has 0 bridgehead atoms. The maximum absolute atomic E-state index is 13.7. The van der Waals surface area contributed by atoms with Crippen LogP contribution in [0.25, 0.3) is 0 Å². The standard InChI is InChI=1S/C19H21FN2O/c1-14(16-7-8-17(12-21)19(20)11-16)22-13-18(9-10-23)15-5-3-2-4-6-15/h2-8,11,14,18,22-23H,9-10,13H2,1H3. The van der Waals surface area contributed by atoms with Gasteiger partial charge >= 0.3 is 0 Å². The van der Waals surface area contributed by atoms with Gasteiger partial charge in [-0.1, -0.05) is 36.4 Å². The number of hydrogen-bond acceptors (Lipinski definition) is 3. The summed E-state index contributed by atoms with van der Waals surface area (Å²) in [6.45, 7) is 2.77. The Labute approximate surface area is 136 Å². The Morgan fingerprint density at radius 3 is 2.52 bits per heavy atom. The minimum atomic E-state index is -0.492. The van der Waals surface area contributed by atoms with Gasteiger partial charge in [-0.05, 0) is 42.5 Å². The van der Waals surface area contributed by atoms with E-state index in [1.54, 1.807) is 6.07 Å². The maximum atomic E-state index is 13.7. The fourth-order valence-electron chi connectivity index (χ4n) is 2.60. The number of rotatable bonds is 7. The topological polar surface area (TPSA) is 56.0 Å². The zero-order chi connectivity index (χ0) is 16.7. The van der Waals surface area contributed by atoms with Crippen molar-refractivity contribution < 1.29 is 9.50 Å². The minimum Gasteiger partial charge on any atom is -0.396 e. The van der Waals surface area contributed by atoms with Crippen LogP contribution < -0.4 is 5.32 Å². The molecular formula is C19H21FN2O. The van der Waals surface area contributed by atoms with Crippen molar-refractivity contribution >= 4 is 0 Å². The lowest BCUT2D eigenvalue weighted by Crippen LogP contribution is -2.25. The Kier molecular flexibility index (Phi) is 6.28. The molecule has 2 rings (SSSR count). The van der Waals surface area contributed by atoms with Gasteiger partial charge in [0.05, 0.1) is 5.56 Å². The van der Waals surface area contributed by atoms with E-state index < -0.39 is 5.82 Å². The molecule has 2 aromatic carbocycles. The van der Waals surface area contributed by atoms with Crippen LogP contribution in [-0.2, 0) is 0 Å². The summed E-state index contributed by atoms with van der Waals surface area (Å²) in [5.74, 6) is -0.291. The van der Waals surface area contributed by atoms with Crippen molar-refractivity contribution in [2.75, 3.05) is 13.2 Å². The predicted octanol–water partition coefficient (Wildman–Crippen LogP) is 3.51. The number of hydrogen-bond donors (Lipinski definition) is 2. The molecule has 0 amide bonds. The Morgan fingerprint density at radius 2 is 1.91 bits per heavy atom. The monoisotopic (exact) mass is 312 g/mol. The molecule has 0 heterocycles. The molecule has 0 radical (unpaired) electrons. The van der Waals surface area contributed by atoms with Crippen LogP contribution in [-0.4, -0.2) is 18.3 Å². The first kappa shape index (κ1) is 17.1. The van der Waals surface area contributed by atoms with Crippen molar-refractivity contribution in [1.82, 2.24) is 5.32 Å². The van der Waals surface area contributed by atoms with Gasteiger partial charge in [0.25, 0.3) is 0 Å². The summed E-state index contributed by atoms with van der Waals surface area (Å²) >= 11 is 0. The molecule has 0 spiro atoms. The lowest BCUT2D eigenvalue weighted by molar-refractivity contribution is 0.272. The number of nitrogens with zero attached hydrogens (tertiary/aromatic N) is 1. The van der Waals surface area contributed by atoms with E-state index in [0.717, 1.165) is 5.56 Å². The highest BCUT2D eigenvalue weighted by Gasteiger charge is 2.14. The zero-order valence-electron chi connectivity index (χ0n) is 13.2. The molecule has 0 saturated carbocycles. The van der Waals surface area contributed by atoms with E-state index in [0.29, 0.717) is 13.0 Å². The van der Waals surface area contributed by atoms with Gasteiger partial charge in [0.2, 0.25) is 0 Å². The molecule has 0 saturated heterocycles. The number of nitriles is 1.